The van der Waals surface area contributed by atoms with Crippen LogP contribution in [0.3, 0.4) is 0 Å². The average molecular weight is 302 g/mol. The first-order valence-corrected chi connectivity index (χ1v) is 7.11. The molecular formula is C14H17Cl2NO2. The molecule has 5 heteroatoms. The lowest BCUT2D eigenvalue weighted by Crippen LogP contribution is -2.54. The predicted octanol–water partition coefficient (Wildman–Crippen LogP) is 3.82. The summed E-state index contributed by atoms with van der Waals surface area (Å²) >= 11 is 11.9. The van der Waals surface area contributed by atoms with Crippen LogP contribution in [0.5, 0.6) is 0 Å². The standard InChI is InChI=1S/C14H17Cl2NO2/c1-14(13(18)19)6-2-3-7-17(14)9-10-4-5-11(15)12(16)8-10/h4-5,8H,2-3,6-7,9H2,1H3,(H,18,19). The third-order valence-electron chi connectivity index (χ3n) is 3.86. The third kappa shape index (κ3) is 3.04. The van der Waals surface area contributed by atoms with Gasteiger partial charge >= 0.3 is 5.97 Å². The lowest BCUT2D eigenvalue weighted by Gasteiger charge is -2.41. The first-order chi connectivity index (χ1) is 8.93. The Hall–Kier alpha value is -0.770. The summed E-state index contributed by atoms with van der Waals surface area (Å²) < 4.78 is 0. The number of hydrogen-bond donors (Lipinski definition) is 1. The Balaban J connectivity index is 2.20. The van der Waals surface area contributed by atoms with E-state index in [2.05, 4.69) is 0 Å². The van der Waals surface area contributed by atoms with Crippen LogP contribution in [0.25, 0.3) is 0 Å². The summed E-state index contributed by atoms with van der Waals surface area (Å²) in [6, 6.07) is 5.45. The minimum atomic E-state index is -0.787. The minimum Gasteiger partial charge on any atom is -0.480 e. The van der Waals surface area contributed by atoms with Crippen LogP contribution in [0.15, 0.2) is 18.2 Å². The second-order valence-electron chi connectivity index (χ2n) is 5.21. The van der Waals surface area contributed by atoms with E-state index in [4.69, 9.17) is 23.2 Å². The molecule has 1 fully saturated rings. The molecule has 1 atom stereocenters. The topological polar surface area (TPSA) is 40.5 Å². The first kappa shape index (κ1) is 14.6. The lowest BCUT2D eigenvalue weighted by atomic mass is 9.88. The van der Waals surface area contributed by atoms with E-state index in [1.54, 1.807) is 19.1 Å². The monoisotopic (exact) mass is 301 g/mol. The normalized spacial score (nSPS) is 24.4. The van der Waals surface area contributed by atoms with E-state index >= 15 is 0 Å². The summed E-state index contributed by atoms with van der Waals surface area (Å²) in [4.78, 5) is 13.5. The first-order valence-electron chi connectivity index (χ1n) is 6.36. The van der Waals surface area contributed by atoms with E-state index in [0.717, 1.165) is 24.9 Å². The predicted molar refractivity (Wildman–Crippen MR) is 76.8 cm³/mol. The molecule has 0 spiro atoms. The molecule has 0 aliphatic carbocycles. The van der Waals surface area contributed by atoms with E-state index < -0.39 is 11.5 Å². The van der Waals surface area contributed by atoms with Crippen LogP contribution in [0.1, 0.15) is 31.7 Å². The van der Waals surface area contributed by atoms with Gasteiger partial charge in [0.25, 0.3) is 0 Å². The van der Waals surface area contributed by atoms with Crippen LogP contribution in [0, 0.1) is 0 Å². The average Bonchev–Trinajstić information content (AvgIpc) is 2.36. The Labute approximate surface area is 123 Å². The van der Waals surface area contributed by atoms with Gasteiger partial charge in [0.05, 0.1) is 10.0 Å². The number of carbonyl (C=O) groups is 1. The number of likely N-dealkylation sites (tertiary alicyclic amines) is 1. The van der Waals surface area contributed by atoms with Crippen LogP contribution in [0.2, 0.25) is 10.0 Å². The maximum absolute atomic E-state index is 11.5. The molecule has 19 heavy (non-hydrogen) atoms. The highest BCUT2D eigenvalue weighted by Crippen LogP contribution is 2.31. The molecule has 1 aromatic rings. The number of piperidine rings is 1. The van der Waals surface area contributed by atoms with Gasteiger partial charge in [-0.2, -0.15) is 0 Å². The van der Waals surface area contributed by atoms with Crippen molar-refractivity contribution in [3.8, 4) is 0 Å². The highest BCUT2D eigenvalue weighted by Gasteiger charge is 2.41. The molecule has 3 nitrogen and oxygen atoms in total. The number of carboxylic acids is 1. The van der Waals surface area contributed by atoms with E-state index in [1.165, 1.54) is 0 Å². The fraction of sp³-hybridized carbons (Fsp3) is 0.500. The van der Waals surface area contributed by atoms with Crippen molar-refractivity contribution in [3.63, 3.8) is 0 Å². The van der Waals surface area contributed by atoms with Crippen molar-refractivity contribution < 1.29 is 9.90 Å². The maximum Gasteiger partial charge on any atom is 0.323 e. The molecule has 1 saturated heterocycles. The quantitative estimate of drug-likeness (QED) is 0.922. The Morgan fingerprint density at radius 3 is 2.74 bits per heavy atom. The van der Waals surface area contributed by atoms with Gasteiger partial charge < -0.3 is 5.11 Å². The van der Waals surface area contributed by atoms with E-state index in [9.17, 15) is 9.90 Å². The van der Waals surface area contributed by atoms with Gasteiger partial charge in [-0.15, -0.1) is 0 Å². The summed E-state index contributed by atoms with van der Waals surface area (Å²) in [5.74, 6) is -0.757. The van der Waals surface area contributed by atoms with Crippen molar-refractivity contribution in [1.82, 2.24) is 4.90 Å². The Bertz CT molecular complexity index is 492. The van der Waals surface area contributed by atoms with E-state index in [-0.39, 0.29) is 0 Å². The van der Waals surface area contributed by atoms with Crippen LogP contribution >= 0.6 is 23.2 Å². The van der Waals surface area contributed by atoms with Gasteiger partial charge in [-0.25, -0.2) is 0 Å². The fourth-order valence-corrected chi connectivity index (χ4v) is 2.85. The van der Waals surface area contributed by atoms with E-state index in [1.807, 2.05) is 11.0 Å². The van der Waals surface area contributed by atoms with Gasteiger partial charge in [0.2, 0.25) is 0 Å². The van der Waals surface area contributed by atoms with Crippen LogP contribution < -0.4 is 0 Å². The zero-order chi connectivity index (χ0) is 14.0. The summed E-state index contributed by atoms with van der Waals surface area (Å²) in [5, 5.41) is 10.5. The SMILES string of the molecule is CC1(C(=O)O)CCCCN1Cc1ccc(Cl)c(Cl)c1. The lowest BCUT2D eigenvalue weighted by molar-refractivity contribution is -0.153. The van der Waals surface area contributed by atoms with E-state index in [0.29, 0.717) is 23.0 Å². The second kappa shape index (κ2) is 5.70. The molecule has 0 saturated carbocycles. The maximum atomic E-state index is 11.5. The Morgan fingerprint density at radius 1 is 1.37 bits per heavy atom. The molecule has 1 N–H and O–H groups in total. The van der Waals surface area contributed by atoms with Crippen LogP contribution in [-0.2, 0) is 11.3 Å². The van der Waals surface area contributed by atoms with Gasteiger partial charge in [-0.3, -0.25) is 9.69 Å². The summed E-state index contributed by atoms with van der Waals surface area (Å²) in [5.41, 5.74) is 0.202. The van der Waals surface area contributed by atoms with Gasteiger partial charge in [-0.1, -0.05) is 29.3 Å². The number of halogens is 2. The van der Waals surface area contributed by atoms with Crippen molar-refractivity contribution in [2.75, 3.05) is 6.54 Å². The highest BCUT2D eigenvalue weighted by atomic mass is 35.5. The van der Waals surface area contributed by atoms with Crippen molar-refractivity contribution in [2.45, 2.75) is 38.3 Å². The second-order valence-corrected chi connectivity index (χ2v) is 6.02. The molecule has 2 rings (SSSR count). The smallest absolute Gasteiger partial charge is 0.323 e. The Morgan fingerprint density at radius 2 is 2.11 bits per heavy atom. The van der Waals surface area contributed by atoms with Crippen LogP contribution in [-0.4, -0.2) is 28.1 Å². The molecule has 0 bridgehead atoms. The summed E-state index contributed by atoms with van der Waals surface area (Å²) in [7, 11) is 0. The third-order valence-corrected chi connectivity index (χ3v) is 4.60. The van der Waals surface area contributed by atoms with Crippen molar-refractivity contribution >= 4 is 29.2 Å². The van der Waals surface area contributed by atoms with Gasteiger partial charge in [0.15, 0.2) is 0 Å². The Kier molecular flexibility index (Phi) is 4.39. The molecule has 1 aliphatic heterocycles. The van der Waals surface area contributed by atoms with Gasteiger partial charge in [0.1, 0.15) is 5.54 Å². The fourth-order valence-electron chi connectivity index (χ4n) is 2.53. The zero-order valence-corrected chi connectivity index (χ0v) is 12.3. The van der Waals surface area contributed by atoms with Crippen molar-refractivity contribution in [1.29, 1.82) is 0 Å². The molecule has 0 aromatic heterocycles. The number of aliphatic carboxylic acids is 1. The van der Waals surface area contributed by atoms with Crippen LogP contribution in [0.4, 0.5) is 0 Å². The summed E-state index contributed by atoms with van der Waals surface area (Å²) in [6.45, 7) is 3.18. The highest BCUT2D eigenvalue weighted by molar-refractivity contribution is 6.42. The molecular weight excluding hydrogens is 285 g/mol. The number of carboxylic acid groups (broad SMARTS) is 1. The number of nitrogens with zero attached hydrogens (tertiary/aromatic N) is 1. The molecule has 1 aromatic carbocycles. The zero-order valence-electron chi connectivity index (χ0n) is 10.8. The van der Waals surface area contributed by atoms with Crippen molar-refractivity contribution in [3.05, 3.63) is 33.8 Å². The molecule has 0 radical (unpaired) electrons. The molecule has 1 heterocycles. The number of rotatable bonds is 3. The molecule has 0 amide bonds. The van der Waals surface area contributed by atoms with Gasteiger partial charge in [0, 0.05) is 6.54 Å². The minimum absolute atomic E-state index is 0.508. The van der Waals surface area contributed by atoms with Gasteiger partial charge in [-0.05, 0) is 50.4 Å². The number of hydrogen-bond acceptors (Lipinski definition) is 2. The summed E-state index contributed by atoms with van der Waals surface area (Å²) in [6.07, 6.45) is 2.68. The van der Waals surface area contributed by atoms with Crippen molar-refractivity contribution in [2.24, 2.45) is 0 Å². The number of benzene rings is 1. The largest absolute Gasteiger partial charge is 0.480 e. The molecule has 104 valence electrons. The molecule has 1 unspecified atom stereocenters. The molecule has 1 aliphatic rings.